The second-order valence-electron chi connectivity index (χ2n) is 2.82. The Morgan fingerprint density at radius 2 is 2.27 bits per heavy atom. The van der Waals surface area contributed by atoms with Crippen molar-refractivity contribution in [1.29, 1.82) is 0 Å². The Balaban J connectivity index is 3.42. The molecule has 0 amide bonds. The molecule has 1 heterocycles. The van der Waals surface area contributed by atoms with Gasteiger partial charge in [0, 0.05) is 16.5 Å². The summed E-state index contributed by atoms with van der Waals surface area (Å²) >= 11 is 3.01. The van der Waals surface area contributed by atoms with E-state index in [4.69, 9.17) is 0 Å². The maximum atomic E-state index is 12.6. The molecule has 0 radical (unpaired) electrons. The minimum atomic E-state index is -2.76. The van der Waals surface area contributed by atoms with Crippen LogP contribution in [0.2, 0.25) is 0 Å². The second-order valence-corrected chi connectivity index (χ2v) is 3.38. The molecular weight excluding hydrogens is 274 g/mol. The summed E-state index contributed by atoms with van der Waals surface area (Å²) in [7, 11) is 0. The maximum absolute atomic E-state index is 12.6. The van der Waals surface area contributed by atoms with Crippen LogP contribution in [0.25, 0.3) is 0 Å². The van der Waals surface area contributed by atoms with Gasteiger partial charge < -0.3 is 0 Å². The number of hydrogen-bond acceptors (Lipinski definition) is 3. The third-order valence-electron chi connectivity index (χ3n) is 1.98. The highest BCUT2D eigenvalue weighted by molar-refractivity contribution is 9.08. The summed E-state index contributed by atoms with van der Waals surface area (Å²) in [6.45, 7) is 1.30. The van der Waals surface area contributed by atoms with Crippen LogP contribution >= 0.6 is 15.9 Å². The Kier molecular flexibility index (Phi) is 3.67. The summed E-state index contributed by atoms with van der Waals surface area (Å²) in [4.78, 5) is 13.4. The maximum Gasteiger partial charge on any atom is 0.290 e. The molecule has 0 aliphatic carbocycles. The largest absolute Gasteiger partial charge is 0.290 e. The van der Waals surface area contributed by atoms with Crippen LogP contribution in [0, 0.1) is 17.0 Å². The quantitative estimate of drug-likeness (QED) is 0.486. The molecule has 0 unspecified atom stereocenters. The van der Waals surface area contributed by atoms with E-state index in [9.17, 15) is 18.9 Å². The van der Waals surface area contributed by atoms with Crippen molar-refractivity contribution < 1.29 is 13.7 Å². The van der Waals surface area contributed by atoms with Crippen LogP contribution in [0.5, 0.6) is 0 Å². The molecule has 15 heavy (non-hydrogen) atoms. The highest BCUT2D eigenvalue weighted by Gasteiger charge is 2.23. The van der Waals surface area contributed by atoms with Crippen molar-refractivity contribution in [2.75, 3.05) is 0 Å². The summed E-state index contributed by atoms with van der Waals surface area (Å²) in [6, 6.07) is 0. The molecule has 7 heteroatoms. The number of rotatable bonds is 3. The highest BCUT2D eigenvalue weighted by atomic mass is 79.9. The molecule has 0 saturated carbocycles. The number of nitro groups is 1. The lowest BCUT2D eigenvalue weighted by Gasteiger charge is -2.08. The molecule has 1 aromatic rings. The van der Waals surface area contributed by atoms with E-state index in [-0.39, 0.29) is 27.8 Å². The molecule has 0 aliphatic rings. The SMILES string of the molecule is Cc1c([N+](=O)[O-])cnc(CBr)c1C(F)F. The molecule has 1 aromatic heterocycles. The van der Waals surface area contributed by atoms with E-state index >= 15 is 0 Å². The van der Waals surface area contributed by atoms with Gasteiger partial charge in [-0.1, -0.05) is 15.9 Å². The smallest absolute Gasteiger partial charge is 0.258 e. The van der Waals surface area contributed by atoms with E-state index in [1.807, 2.05) is 0 Å². The van der Waals surface area contributed by atoms with Crippen molar-refractivity contribution in [1.82, 2.24) is 4.98 Å². The number of pyridine rings is 1. The predicted octanol–water partition coefficient (Wildman–Crippen LogP) is 3.13. The molecule has 82 valence electrons. The lowest BCUT2D eigenvalue weighted by atomic mass is 10.1. The average Bonchev–Trinajstić information content (AvgIpc) is 2.15. The van der Waals surface area contributed by atoms with E-state index in [0.717, 1.165) is 6.20 Å². The summed E-state index contributed by atoms with van der Waals surface area (Å²) in [5, 5.41) is 10.6. The van der Waals surface area contributed by atoms with E-state index < -0.39 is 11.3 Å². The molecule has 1 rings (SSSR count). The normalized spacial score (nSPS) is 10.7. The third-order valence-corrected chi connectivity index (χ3v) is 2.51. The zero-order valence-corrected chi connectivity index (χ0v) is 9.29. The topological polar surface area (TPSA) is 56.0 Å². The first-order valence-corrected chi connectivity index (χ1v) is 5.08. The van der Waals surface area contributed by atoms with Gasteiger partial charge in [-0.05, 0) is 6.92 Å². The average molecular weight is 281 g/mol. The number of halogens is 3. The van der Waals surface area contributed by atoms with Gasteiger partial charge in [-0.25, -0.2) is 8.78 Å². The van der Waals surface area contributed by atoms with Crippen LogP contribution in [-0.2, 0) is 5.33 Å². The number of hydrogen-bond donors (Lipinski definition) is 0. The fourth-order valence-corrected chi connectivity index (χ4v) is 1.69. The van der Waals surface area contributed by atoms with Crippen LogP contribution in [0.4, 0.5) is 14.5 Å². The van der Waals surface area contributed by atoms with Gasteiger partial charge in [-0.15, -0.1) is 0 Å². The predicted molar refractivity (Wildman–Crippen MR) is 53.2 cm³/mol. The van der Waals surface area contributed by atoms with Gasteiger partial charge in [-0.3, -0.25) is 15.1 Å². The van der Waals surface area contributed by atoms with E-state index in [0.29, 0.717) is 0 Å². The van der Waals surface area contributed by atoms with Gasteiger partial charge in [0.2, 0.25) is 0 Å². The summed E-state index contributed by atoms with van der Waals surface area (Å²) in [5.74, 6) is 0. The van der Waals surface area contributed by atoms with Crippen molar-refractivity contribution >= 4 is 21.6 Å². The van der Waals surface area contributed by atoms with E-state index in [1.54, 1.807) is 0 Å². The highest BCUT2D eigenvalue weighted by Crippen LogP contribution is 2.31. The van der Waals surface area contributed by atoms with Crippen molar-refractivity contribution in [2.45, 2.75) is 18.7 Å². The standard InChI is InChI=1S/C8H7BrF2N2O2/c1-4-6(13(14)15)3-12-5(2-9)7(4)8(10)11/h3,8H,2H2,1H3. The fourth-order valence-electron chi connectivity index (χ4n) is 1.24. The Morgan fingerprint density at radius 1 is 1.67 bits per heavy atom. The number of aromatic nitrogens is 1. The molecule has 0 saturated heterocycles. The summed E-state index contributed by atoms with van der Waals surface area (Å²) in [5.41, 5.74) is -0.636. The summed E-state index contributed by atoms with van der Waals surface area (Å²) < 4.78 is 25.3. The first kappa shape index (κ1) is 12.0. The van der Waals surface area contributed by atoms with Crippen molar-refractivity contribution in [2.24, 2.45) is 0 Å². The Labute approximate surface area is 92.6 Å². The first-order chi connectivity index (χ1) is 6.99. The number of alkyl halides is 3. The molecular formula is C8H7BrF2N2O2. The van der Waals surface area contributed by atoms with Crippen LogP contribution in [-0.4, -0.2) is 9.91 Å². The van der Waals surface area contributed by atoms with Crippen molar-refractivity contribution in [3.05, 3.63) is 33.1 Å². The van der Waals surface area contributed by atoms with Gasteiger partial charge >= 0.3 is 0 Å². The third kappa shape index (κ3) is 2.28. The fraction of sp³-hybridized carbons (Fsp3) is 0.375. The van der Waals surface area contributed by atoms with Crippen LogP contribution in [0.1, 0.15) is 23.2 Å². The monoisotopic (exact) mass is 280 g/mol. The zero-order chi connectivity index (χ0) is 11.6. The van der Waals surface area contributed by atoms with Gasteiger partial charge in [0.05, 0.1) is 10.6 Å². The molecule has 0 aliphatic heterocycles. The lowest BCUT2D eigenvalue weighted by Crippen LogP contribution is -2.03. The van der Waals surface area contributed by atoms with Crippen molar-refractivity contribution in [3.8, 4) is 0 Å². The Morgan fingerprint density at radius 3 is 2.67 bits per heavy atom. The Bertz CT molecular complexity index is 398. The second kappa shape index (κ2) is 4.61. The minimum Gasteiger partial charge on any atom is -0.258 e. The van der Waals surface area contributed by atoms with E-state index in [2.05, 4.69) is 20.9 Å². The Hall–Kier alpha value is -1.11. The number of nitrogens with zero attached hydrogens (tertiary/aromatic N) is 2. The lowest BCUT2D eigenvalue weighted by molar-refractivity contribution is -0.385. The minimum absolute atomic E-state index is 0.0283. The molecule has 0 spiro atoms. The van der Waals surface area contributed by atoms with Gasteiger partial charge in [-0.2, -0.15) is 0 Å². The van der Waals surface area contributed by atoms with Gasteiger partial charge in [0.15, 0.2) is 0 Å². The van der Waals surface area contributed by atoms with Crippen molar-refractivity contribution in [3.63, 3.8) is 0 Å². The molecule has 4 nitrogen and oxygen atoms in total. The van der Waals surface area contributed by atoms with Gasteiger partial charge in [0.25, 0.3) is 12.1 Å². The molecule has 0 N–H and O–H groups in total. The van der Waals surface area contributed by atoms with Crippen LogP contribution < -0.4 is 0 Å². The zero-order valence-electron chi connectivity index (χ0n) is 7.71. The van der Waals surface area contributed by atoms with Crippen LogP contribution in [0.15, 0.2) is 6.20 Å². The summed E-state index contributed by atoms with van der Waals surface area (Å²) in [6.07, 6.45) is -1.76. The first-order valence-electron chi connectivity index (χ1n) is 3.96. The molecule has 0 aromatic carbocycles. The van der Waals surface area contributed by atoms with Crippen LogP contribution in [0.3, 0.4) is 0 Å². The van der Waals surface area contributed by atoms with Gasteiger partial charge in [0.1, 0.15) is 6.20 Å². The molecule has 0 bridgehead atoms. The van der Waals surface area contributed by atoms with E-state index in [1.165, 1.54) is 6.92 Å². The molecule has 0 atom stereocenters. The molecule has 0 fully saturated rings.